The normalized spacial score (nSPS) is 29.8. The number of nitrogens with zero attached hydrogens (tertiary/aromatic N) is 4. The Morgan fingerprint density at radius 3 is 2.45 bits per heavy atom. The van der Waals surface area contributed by atoms with E-state index in [-0.39, 0.29) is 0 Å². The molecule has 2 aromatic heterocycles. The Balaban J connectivity index is 1.05. The summed E-state index contributed by atoms with van der Waals surface area (Å²) < 4.78 is 13.2. The molecule has 6 nitrogen and oxygen atoms in total. The fourth-order valence-corrected chi connectivity index (χ4v) is 7.83. The maximum atomic E-state index is 5.52. The van der Waals surface area contributed by atoms with Crippen molar-refractivity contribution in [1.29, 1.82) is 0 Å². The minimum atomic E-state index is 0.628. The number of imidazole rings is 1. The van der Waals surface area contributed by atoms with Gasteiger partial charge >= 0.3 is 0 Å². The van der Waals surface area contributed by atoms with E-state index in [1.165, 1.54) is 69.2 Å². The molecule has 1 aliphatic carbocycles. The van der Waals surface area contributed by atoms with E-state index in [4.69, 9.17) is 14.5 Å². The maximum Gasteiger partial charge on any atom is 0.161 e. The fraction of sp³-hybridized carbons (Fsp3) is 0.594. The van der Waals surface area contributed by atoms with Crippen molar-refractivity contribution >= 4 is 5.65 Å². The predicted molar refractivity (Wildman–Crippen MR) is 151 cm³/mol. The molecular formula is C32H42N4O2. The van der Waals surface area contributed by atoms with Gasteiger partial charge in [0.1, 0.15) is 5.65 Å². The summed E-state index contributed by atoms with van der Waals surface area (Å²) in [7, 11) is 3.34. The maximum absolute atomic E-state index is 5.52. The van der Waals surface area contributed by atoms with Gasteiger partial charge < -0.3 is 18.8 Å². The summed E-state index contributed by atoms with van der Waals surface area (Å²) in [5.41, 5.74) is 5.74. The van der Waals surface area contributed by atoms with Crippen LogP contribution in [0.4, 0.5) is 0 Å². The van der Waals surface area contributed by atoms with Gasteiger partial charge in [0.25, 0.3) is 0 Å². The van der Waals surface area contributed by atoms with Gasteiger partial charge in [0.05, 0.1) is 19.9 Å². The van der Waals surface area contributed by atoms with Crippen molar-refractivity contribution < 1.29 is 9.47 Å². The van der Waals surface area contributed by atoms with Crippen LogP contribution in [0.5, 0.6) is 11.5 Å². The van der Waals surface area contributed by atoms with Crippen LogP contribution in [0.15, 0.2) is 36.7 Å². The number of ether oxygens (including phenoxy) is 2. The molecule has 38 heavy (non-hydrogen) atoms. The summed E-state index contributed by atoms with van der Waals surface area (Å²) in [5.74, 6) is 3.13. The summed E-state index contributed by atoms with van der Waals surface area (Å²) in [6, 6.07) is 11.9. The number of fused-ring (bicyclic) bond motifs is 2. The number of methoxy groups -OCH3 is 2. The number of aromatic nitrogens is 2. The number of pyridine rings is 1. The zero-order chi connectivity index (χ0) is 26.0. The molecule has 3 saturated heterocycles. The third-order valence-electron chi connectivity index (χ3n) is 10.0. The van der Waals surface area contributed by atoms with Crippen LogP contribution in [-0.2, 0) is 0 Å². The molecule has 0 spiro atoms. The molecule has 0 bridgehead atoms. The lowest BCUT2D eigenvalue weighted by atomic mass is 9.87. The van der Waals surface area contributed by atoms with Crippen LogP contribution in [-0.4, -0.2) is 70.7 Å². The Morgan fingerprint density at radius 1 is 0.947 bits per heavy atom. The molecule has 1 saturated carbocycles. The van der Waals surface area contributed by atoms with Gasteiger partial charge in [-0.2, -0.15) is 0 Å². The SMILES string of the molecule is CCC1CC(N2CCC(c3cc(C)c4nc(-c5ccc(OC)c(OC)c5)cn4c3)CC2)CC2C(C3CC3)N12. The Morgan fingerprint density at radius 2 is 1.74 bits per heavy atom. The molecule has 202 valence electrons. The fourth-order valence-electron chi connectivity index (χ4n) is 7.83. The van der Waals surface area contributed by atoms with Crippen molar-refractivity contribution in [2.75, 3.05) is 27.3 Å². The molecule has 4 aliphatic rings. The van der Waals surface area contributed by atoms with E-state index >= 15 is 0 Å². The quantitative estimate of drug-likeness (QED) is 0.367. The summed E-state index contributed by atoms with van der Waals surface area (Å²) in [6.45, 7) is 7.09. The number of hydrogen-bond donors (Lipinski definition) is 0. The average Bonchev–Trinajstić information content (AvgIpc) is 3.87. The minimum absolute atomic E-state index is 0.628. The molecule has 0 radical (unpaired) electrons. The number of likely N-dealkylation sites (tertiary alicyclic amines) is 1. The highest BCUT2D eigenvalue weighted by Gasteiger charge is 2.60. The summed E-state index contributed by atoms with van der Waals surface area (Å²) in [6.07, 6.45) is 14.1. The molecule has 5 heterocycles. The van der Waals surface area contributed by atoms with E-state index in [1.54, 1.807) is 14.2 Å². The van der Waals surface area contributed by atoms with Crippen LogP contribution in [0.2, 0.25) is 0 Å². The van der Waals surface area contributed by atoms with E-state index in [1.807, 2.05) is 12.1 Å². The van der Waals surface area contributed by atoms with Crippen LogP contribution in [0.25, 0.3) is 16.9 Å². The smallest absolute Gasteiger partial charge is 0.161 e. The van der Waals surface area contributed by atoms with Gasteiger partial charge in [-0.15, -0.1) is 0 Å². The van der Waals surface area contributed by atoms with E-state index in [9.17, 15) is 0 Å². The summed E-state index contributed by atoms with van der Waals surface area (Å²) >= 11 is 0. The molecular weight excluding hydrogens is 472 g/mol. The first-order valence-electron chi connectivity index (χ1n) is 14.8. The Hall–Kier alpha value is -2.57. The molecule has 6 heteroatoms. The second kappa shape index (κ2) is 9.56. The Labute approximate surface area is 226 Å². The number of aryl methyl sites for hydroxylation is 1. The Kier molecular flexibility index (Phi) is 6.16. The molecule has 3 aromatic rings. The second-order valence-corrected chi connectivity index (χ2v) is 12.2. The van der Waals surface area contributed by atoms with Gasteiger partial charge in [0.2, 0.25) is 0 Å². The molecule has 4 fully saturated rings. The van der Waals surface area contributed by atoms with Gasteiger partial charge in [-0.05, 0) is 106 Å². The van der Waals surface area contributed by atoms with Gasteiger partial charge in [-0.3, -0.25) is 4.90 Å². The topological polar surface area (TPSA) is 42.0 Å². The van der Waals surface area contributed by atoms with Crippen molar-refractivity contribution in [2.24, 2.45) is 5.92 Å². The lowest BCUT2D eigenvalue weighted by Crippen LogP contribution is -2.46. The standard InChI is InChI=1S/C32H42N4O2/c1-5-25-16-26(17-28-31(36(25)28)22-6-7-22)34-12-10-21(11-13-34)24-14-20(2)32-33-27(19-35(32)18-24)23-8-9-29(37-3)30(15-23)38-4/h8-9,14-15,18-19,21-22,25-26,28,31H,5-7,10-13,16-17H2,1-4H3. The molecule has 5 atom stereocenters. The summed E-state index contributed by atoms with van der Waals surface area (Å²) in [5, 5.41) is 0. The lowest BCUT2D eigenvalue weighted by molar-refractivity contribution is 0.0948. The lowest BCUT2D eigenvalue weighted by Gasteiger charge is -2.41. The van der Waals surface area contributed by atoms with Crippen molar-refractivity contribution in [3.05, 3.63) is 47.8 Å². The van der Waals surface area contributed by atoms with Gasteiger partial charge in [-0.25, -0.2) is 4.98 Å². The van der Waals surface area contributed by atoms with E-state index < -0.39 is 0 Å². The predicted octanol–water partition coefficient (Wildman–Crippen LogP) is 5.91. The molecule has 5 unspecified atom stereocenters. The average molecular weight is 515 g/mol. The number of piperidine rings is 2. The van der Waals surface area contributed by atoms with Gasteiger partial charge in [0, 0.05) is 42.1 Å². The first kappa shape index (κ1) is 24.5. The van der Waals surface area contributed by atoms with Crippen LogP contribution >= 0.6 is 0 Å². The molecule has 1 aromatic carbocycles. The zero-order valence-electron chi connectivity index (χ0n) is 23.4. The van der Waals surface area contributed by atoms with E-state index in [0.717, 1.165) is 58.5 Å². The van der Waals surface area contributed by atoms with Crippen molar-refractivity contribution in [3.8, 4) is 22.8 Å². The number of rotatable bonds is 7. The number of hydrogen-bond acceptors (Lipinski definition) is 5. The molecule has 7 rings (SSSR count). The molecule has 0 amide bonds. The molecule has 0 N–H and O–H groups in total. The van der Waals surface area contributed by atoms with Crippen molar-refractivity contribution in [1.82, 2.24) is 19.2 Å². The molecule has 3 aliphatic heterocycles. The highest BCUT2D eigenvalue weighted by molar-refractivity contribution is 5.67. The largest absolute Gasteiger partial charge is 0.493 e. The Bertz CT molecular complexity index is 1320. The highest BCUT2D eigenvalue weighted by atomic mass is 16.5. The second-order valence-electron chi connectivity index (χ2n) is 12.2. The van der Waals surface area contributed by atoms with Crippen LogP contribution in [0.3, 0.4) is 0 Å². The van der Waals surface area contributed by atoms with Crippen molar-refractivity contribution in [2.45, 2.75) is 88.9 Å². The minimum Gasteiger partial charge on any atom is -0.493 e. The third kappa shape index (κ3) is 4.21. The highest BCUT2D eigenvalue weighted by Crippen LogP contribution is 2.53. The third-order valence-corrected chi connectivity index (χ3v) is 10.0. The van der Waals surface area contributed by atoms with Crippen LogP contribution in [0, 0.1) is 12.8 Å². The van der Waals surface area contributed by atoms with Gasteiger partial charge in [-0.1, -0.05) is 13.0 Å². The summed E-state index contributed by atoms with van der Waals surface area (Å²) in [4.78, 5) is 10.7. The monoisotopic (exact) mass is 514 g/mol. The van der Waals surface area contributed by atoms with Gasteiger partial charge in [0.15, 0.2) is 11.5 Å². The first-order chi connectivity index (χ1) is 18.6. The van der Waals surface area contributed by atoms with E-state index in [2.05, 4.69) is 52.6 Å². The van der Waals surface area contributed by atoms with Crippen LogP contribution < -0.4 is 9.47 Å². The van der Waals surface area contributed by atoms with Crippen molar-refractivity contribution in [3.63, 3.8) is 0 Å². The first-order valence-corrected chi connectivity index (χ1v) is 14.8. The number of benzene rings is 1. The van der Waals surface area contributed by atoms with E-state index in [0.29, 0.717) is 5.92 Å². The zero-order valence-corrected chi connectivity index (χ0v) is 23.4. The van der Waals surface area contributed by atoms with Crippen LogP contribution in [0.1, 0.15) is 68.9 Å².